The molecule has 3 aliphatic rings. The highest BCUT2D eigenvalue weighted by atomic mass is 31.2. The second-order valence-corrected chi connectivity index (χ2v) is 12.6. The highest BCUT2D eigenvalue weighted by Gasteiger charge is 2.53. The molecular weight excluding hydrogens is 583 g/mol. The Morgan fingerprint density at radius 3 is 2.57 bits per heavy atom. The minimum absolute atomic E-state index is 0.0658. The Morgan fingerprint density at radius 2 is 1.84 bits per heavy atom. The van der Waals surface area contributed by atoms with Crippen LogP contribution in [0.25, 0.3) is 0 Å². The Balaban J connectivity index is 1.25. The van der Waals surface area contributed by atoms with Gasteiger partial charge in [0.25, 0.3) is 14.4 Å². The molecule has 11 nitrogen and oxygen atoms in total. The summed E-state index contributed by atoms with van der Waals surface area (Å²) in [7, 11) is 0.228. The topological polar surface area (TPSA) is 113 Å². The van der Waals surface area contributed by atoms with Crippen molar-refractivity contribution in [2.45, 2.75) is 69.8 Å². The monoisotopic (exact) mass is 622 g/mol. The van der Waals surface area contributed by atoms with E-state index >= 15 is 0 Å². The molecule has 1 amide bonds. The van der Waals surface area contributed by atoms with Crippen molar-refractivity contribution in [1.29, 1.82) is 0 Å². The first kappa shape index (κ1) is 31.0. The van der Waals surface area contributed by atoms with Crippen LogP contribution >= 0.6 is 8.53 Å². The number of carbonyl (C=O) groups excluding carboxylic acids is 1. The normalized spacial score (nSPS) is 28.3. The van der Waals surface area contributed by atoms with Crippen molar-refractivity contribution in [3.05, 3.63) is 94.0 Å². The second-order valence-electron chi connectivity index (χ2n) is 11.2. The van der Waals surface area contributed by atoms with Crippen molar-refractivity contribution in [2.24, 2.45) is 0 Å². The third kappa shape index (κ3) is 6.37. The summed E-state index contributed by atoms with van der Waals surface area (Å²) in [5, 5.41) is 2.76. The van der Waals surface area contributed by atoms with Crippen molar-refractivity contribution in [2.75, 3.05) is 32.2 Å². The summed E-state index contributed by atoms with van der Waals surface area (Å²) in [6.45, 7) is 5.39. The lowest BCUT2D eigenvalue weighted by atomic mass is 10.0. The van der Waals surface area contributed by atoms with Gasteiger partial charge in [-0.3, -0.25) is 9.36 Å². The molecule has 234 valence electrons. The van der Waals surface area contributed by atoms with Crippen molar-refractivity contribution in [1.82, 2.24) is 14.2 Å². The van der Waals surface area contributed by atoms with Crippen LogP contribution in [-0.2, 0) is 23.3 Å². The van der Waals surface area contributed by atoms with Gasteiger partial charge in [-0.25, -0.2) is 9.46 Å². The van der Waals surface area contributed by atoms with Gasteiger partial charge in [0, 0.05) is 37.0 Å². The molecule has 0 spiro atoms. The van der Waals surface area contributed by atoms with Crippen molar-refractivity contribution in [3.8, 4) is 0 Å². The minimum Gasteiger partial charge on any atom is -0.382 e. The number of anilines is 1. The average molecular weight is 623 g/mol. The number of fused-ring (bicyclic) bond motifs is 1. The lowest BCUT2D eigenvalue weighted by Gasteiger charge is -2.29. The molecule has 1 aromatic heterocycles. The number of hydrogen-bond acceptors (Lipinski definition) is 9. The number of methoxy groups -OCH3 is 1. The van der Waals surface area contributed by atoms with Crippen molar-refractivity contribution in [3.63, 3.8) is 0 Å². The number of aromatic nitrogens is 2. The van der Waals surface area contributed by atoms with E-state index in [2.05, 4.69) is 27.1 Å². The molecule has 1 N–H and O–H groups in total. The van der Waals surface area contributed by atoms with Crippen LogP contribution < -0.4 is 11.0 Å². The van der Waals surface area contributed by atoms with Gasteiger partial charge in [0.05, 0.1) is 19.3 Å². The number of rotatable bonds is 11. The summed E-state index contributed by atoms with van der Waals surface area (Å²) >= 11 is 0. The molecule has 6 rings (SSSR count). The molecule has 3 fully saturated rings. The van der Waals surface area contributed by atoms with Gasteiger partial charge in [-0.15, -0.1) is 0 Å². The summed E-state index contributed by atoms with van der Waals surface area (Å²) in [6, 6.07) is 19.3. The fourth-order valence-corrected chi connectivity index (χ4v) is 8.10. The predicted molar refractivity (Wildman–Crippen MR) is 165 cm³/mol. The molecule has 0 bridgehead atoms. The standard InChI is InChI=1S/C32H39N4O7P/c1-4-25-27(43-44-36-17-11-16-24(36)26(42-44)22-12-7-5-8-13-22)28(40-19-18-39-3)31(41-25)35-20-21(2)29(34-32(35)38)33-30(37)23-14-9-6-10-15-23/h5-10,12-15,20,24-28,31H,4,11,16-19H2,1-3H3,(H,33,34,37,38)/t24-,25+,26+,27?,28-,31+,44?/m0/s1. The van der Waals surface area contributed by atoms with Gasteiger partial charge in [-0.05, 0) is 43.9 Å². The quantitative estimate of drug-likeness (QED) is 0.233. The second kappa shape index (κ2) is 14.0. The number of amides is 1. The Labute approximate surface area is 258 Å². The summed E-state index contributed by atoms with van der Waals surface area (Å²) in [4.78, 5) is 30.4. The number of ether oxygens (including phenoxy) is 3. The van der Waals surface area contributed by atoms with Crippen LogP contribution in [-0.4, -0.2) is 71.4 Å². The first-order chi connectivity index (χ1) is 21.5. The fourth-order valence-electron chi connectivity index (χ4n) is 6.11. The van der Waals surface area contributed by atoms with E-state index in [9.17, 15) is 9.59 Å². The molecule has 3 saturated heterocycles. The van der Waals surface area contributed by atoms with Gasteiger partial charge in [-0.2, -0.15) is 4.98 Å². The molecule has 0 saturated carbocycles. The van der Waals surface area contributed by atoms with Crippen LogP contribution in [0.4, 0.5) is 5.82 Å². The van der Waals surface area contributed by atoms with E-state index in [1.807, 2.05) is 31.2 Å². The SMILES string of the molecule is CC[C@H]1O[C@@H](n2cc(C)c(NC(=O)c3ccccc3)nc2=O)[C@@H](OCCOC)C1OP1O[C@H](c2ccccc2)[C@@H]2CCCN21. The highest BCUT2D eigenvalue weighted by Crippen LogP contribution is 2.61. The van der Waals surface area contributed by atoms with Crippen molar-refractivity contribution < 1.29 is 28.1 Å². The zero-order valence-electron chi connectivity index (χ0n) is 25.2. The zero-order valence-corrected chi connectivity index (χ0v) is 26.1. The number of aryl methyl sites for hydroxylation is 1. The van der Waals surface area contributed by atoms with E-state index in [0.717, 1.165) is 24.9 Å². The number of carbonyl (C=O) groups is 1. The fraction of sp³-hybridized carbons (Fsp3) is 0.469. The lowest BCUT2D eigenvalue weighted by Crippen LogP contribution is -2.40. The summed E-state index contributed by atoms with van der Waals surface area (Å²) in [5.41, 5.74) is 1.66. The average Bonchev–Trinajstić information content (AvgIpc) is 3.75. The van der Waals surface area contributed by atoms with Gasteiger partial charge in [-0.1, -0.05) is 55.5 Å². The maximum Gasteiger partial charge on any atom is 0.351 e. The van der Waals surface area contributed by atoms with Gasteiger partial charge in [0.1, 0.15) is 24.1 Å². The molecular formula is C32H39N4O7P. The van der Waals surface area contributed by atoms with Gasteiger partial charge < -0.3 is 28.6 Å². The molecule has 2 aromatic carbocycles. The Morgan fingerprint density at radius 1 is 1.09 bits per heavy atom. The Kier molecular flexibility index (Phi) is 9.83. The van der Waals surface area contributed by atoms with E-state index in [4.69, 9.17) is 23.3 Å². The number of benzene rings is 2. The predicted octanol–water partition coefficient (Wildman–Crippen LogP) is 4.99. The van der Waals surface area contributed by atoms with Crippen LogP contribution in [0.2, 0.25) is 0 Å². The molecule has 2 unspecified atom stereocenters. The molecule has 44 heavy (non-hydrogen) atoms. The molecule has 0 radical (unpaired) electrons. The summed E-state index contributed by atoms with van der Waals surface area (Å²) in [6.07, 6.45) is 2.11. The van der Waals surface area contributed by atoms with Gasteiger partial charge in [0.2, 0.25) is 0 Å². The molecule has 12 heteroatoms. The van der Waals surface area contributed by atoms with E-state index in [1.54, 1.807) is 44.5 Å². The first-order valence-corrected chi connectivity index (χ1v) is 16.3. The van der Waals surface area contributed by atoms with E-state index in [0.29, 0.717) is 30.8 Å². The van der Waals surface area contributed by atoms with E-state index in [-0.39, 0.29) is 30.0 Å². The molecule has 7 atom stereocenters. The molecule has 3 aromatic rings. The highest BCUT2D eigenvalue weighted by molar-refractivity contribution is 7.45. The van der Waals surface area contributed by atoms with Gasteiger partial charge in [0.15, 0.2) is 6.23 Å². The summed E-state index contributed by atoms with van der Waals surface area (Å²) < 4.78 is 35.3. The third-order valence-corrected chi connectivity index (χ3v) is 10.1. The molecule has 3 aliphatic heterocycles. The summed E-state index contributed by atoms with van der Waals surface area (Å²) in [5.74, 6) is -0.145. The largest absolute Gasteiger partial charge is 0.382 e. The van der Waals surface area contributed by atoms with Crippen LogP contribution in [0.5, 0.6) is 0 Å². The first-order valence-electron chi connectivity index (χ1n) is 15.2. The molecule has 0 aliphatic carbocycles. The Bertz CT molecular complexity index is 1480. The Hall–Kier alpha value is -3.02. The number of hydrogen-bond donors (Lipinski definition) is 1. The van der Waals surface area contributed by atoms with E-state index in [1.165, 1.54) is 4.57 Å². The maximum absolute atomic E-state index is 13.4. The van der Waals surface area contributed by atoms with Crippen molar-refractivity contribution >= 4 is 20.3 Å². The minimum atomic E-state index is -1.38. The lowest BCUT2D eigenvalue weighted by molar-refractivity contribution is -0.0782. The van der Waals surface area contributed by atoms with E-state index < -0.39 is 32.7 Å². The number of nitrogens with one attached hydrogen (secondary N) is 1. The van der Waals surface area contributed by atoms with Crippen LogP contribution in [0.3, 0.4) is 0 Å². The number of nitrogens with zero attached hydrogens (tertiary/aromatic N) is 3. The molecule has 4 heterocycles. The van der Waals surface area contributed by atoms with Crippen LogP contribution in [0.1, 0.15) is 60.0 Å². The van der Waals surface area contributed by atoms with Crippen LogP contribution in [0.15, 0.2) is 71.7 Å². The van der Waals surface area contributed by atoms with Crippen LogP contribution in [0, 0.1) is 6.92 Å². The maximum atomic E-state index is 13.4. The zero-order chi connectivity index (χ0) is 30.6. The smallest absolute Gasteiger partial charge is 0.351 e. The third-order valence-electron chi connectivity index (χ3n) is 8.34. The van der Waals surface area contributed by atoms with Gasteiger partial charge >= 0.3 is 5.69 Å².